The Kier molecular flexibility index (Phi) is 4.44. The van der Waals surface area contributed by atoms with Crippen LogP contribution in [0.4, 0.5) is 0 Å². The van der Waals surface area contributed by atoms with E-state index in [0.717, 1.165) is 0 Å². The van der Waals surface area contributed by atoms with Crippen LogP contribution >= 0.6 is 34.8 Å². The lowest BCUT2D eigenvalue weighted by Gasteiger charge is -2.30. The summed E-state index contributed by atoms with van der Waals surface area (Å²) in [6.45, 7) is 3.06. The predicted molar refractivity (Wildman–Crippen MR) is 86.8 cm³/mol. The molecule has 3 amide bonds. The van der Waals surface area contributed by atoms with E-state index in [9.17, 15) is 14.4 Å². The molecule has 0 spiro atoms. The first-order chi connectivity index (χ1) is 10.9. The summed E-state index contributed by atoms with van der Waals surface area (Å²) in [6.07, 6.45) is 0. The minimum absolute atomic E-state index is 0.0548. The standard InChI is InChI=1S/C14H18Cl3N3O3/c15-1-10(21)18-4-13-6-19(11(22)2-16)7-14(13,5-18)9-20(8-13)12(23)3-17/h1-9H2. The van der Waals surface area contributed by atoms with Crippen LogP contribution in [0.2, 0.25) is 0 Å². The molecule has 0 aromatic heterocycles. The Morgan fingerprint density at radius 1 is 0.609 bits per heavy atom. The zero-order valence-electron chi connectivity index (χ0n) is 12.6. The van der Waals surface area contributed by atoms with E-state index in [1.165, 1.54) is 0 Å². The van der Waals surface area contributed by atoms with Crippen LogP contribution in [0.5, 0.6) is 0 Å². The highest BCUT2D eigenvalue weighted by Gasteiger charge is 2.68. The van der Waals surface area contributed by atoms with Crippen molar-refractivity contribution < 1.29 is 14.4 Å². The van der Waals surface area contributed by atoms with Crippen LogP contribution in [0.15, 0.2) is 0 Å². The van der Waals surface area contributed by atoms with Gasteiger partial charge in [-0.3, -0.25) is 14.4 Å². The molecule has 0 unspecified atom stereocenters. The zero-order valence-corrected chi connectivity index (χ0v) is 14.8. The number of carbonyl (C=O) groups is 3. The normalized spacial score (nSPS) is 32.2. The predicted octanol–water partition coefficient (Wildman–Crippen LogP) is 0.202. The molecule has 3 aliphatic heterocycles. The van der Waals surface area contributed by atoms with Crippen LogP contribution in [0.1, 0.15) is 0 Å². The molecule has 0 N–H and O–H groups in total. The average Bonchev–Trinajstić information content (AvgIpc) is 3.09. The van der Waals surface area contributed by atoms with E-state index in [1.54, 1.807) is 14.7 Å². The van der Waals surface area contributed by atoms with Gasteiger partial charge in [-0.2, -0.15) is 0 Å². The number of halogens is 3. The molecule has 3 rings (SSSR count). The molecule has 9 heteroatoms. The van der Waals surface area contributed by atoms with Gasteiger partial charge in [0.05, 0.1) is 0 Å². The Labute approximate surface area is 149 Å². The fourth-order valence-electron chi connectivity index (χ4n) is 4.45. The van der Waals surface area contributed by atoms with Crippen LogP contribution in [0, 0.1) is 10.8 Å². The highest BCUT2D eigenvalue weighted by atomic mass is 35.5. The van der Waals surface area contributed by atoms with Crippen molar-refractivity contribution >= 4 is 52.5 Å². The third-order valence-corrected chi connectivity index (χ3v) is 6.17. The maximum atomic E-state index is 12.0. The van der Waals surface area contributed by atoms with Crippen molar-refractivity contribution in [2.24, 2.45) is 10.8 Å². The third-order valence-electron chi connectivity index (χ3n) is 5.49. The fourth-order valence-corrected chi connectivity index (χ4v) is 4.96. The molecular formula is C14H18Cl3N3O3. The molecule has 3 aliphatic rings. The lowest BCUT2D eigenvalue weighted by molar-refractivity contribution is -0.131. The monoisotopic (exact) mass is 381 g/mol. The van der Waals surface area contributed by atoms with Crippen molar-refractivity contribution in [2.75, 3.05) is 56.9 Å². The van der Waals surface area contributed by atoms with Gasteiger partial charge in [-0.1, -0.05) is 0 Å². The topological polar surface area (TPSA) is 60.9 Å². The molecule has 0 aliphatic carbocycles. The van der Waals surface area contributed by atoms with E-state index < -0.39 is 0 Å². The number of likely N-dealkylation sites (tertiary alicyclic amines) is 3. The van der Waals surface area contributed by atoms with E-state index in [0.29, 0.717) is 39.3 Å². The van der Waals surface area contributed by atoms with Crippen molar-refractivity contribution in [2.45, 2.75) is 0 Å². The van der Waals surface area contributed by atoms with Crippen LogP contribution in [0.3, 0.4) is 0 Å². The maximum Gasteiger partial charge on any atom is 0.237 e. The highest BCUT2D eigenvalue weighted by molar-refractivity contribution is 6.28. The molecule has 0 atom stereocenters. The molecule has 128 valence electrons. The Balaban J connectivity index is 1.88. The Morgan fingerprint density at radius 3 is 1.00 bits per heavy atom. The highest BCUT2D eigenvalue weighted by Crippen LogP contribution is 2.56. The summed E-state index contributed by atoms with van der Waals surface area (Å²) in [6, 6.07) is 0. The van der Waals surface area contributed by atoms with Crippen LogP contribution in [0.25, 0.3) is 0 Å². The summed E-state index contributed by atoms with van der Waals surface area (Å²) in [5, 5.41) is 0. The van der Waals surface area contributed by atoms with Gasteiger partial charge in [0.2, 0.25) is 17.7 Å². The van der Waals surface area contributed by atoms with Crippen LogP contribution in [-0.2, 0) is 14.4 Å². The minimum Gasteiger partial charge on any atom is -0.340 e. The molecule has 0 saturated carbocycles. The van der Waals surface area contributed by atoms with Gasteiger partial charge in [0.15, 0.2) is 0 Å². The van der Waals surface area contributed by atoms with Gasteiger partial charge < -0.3 is 14.7 Å². The molecule has 0 radical (unpaired) electrons. The van der Waals surface area contributed by atoms with Crippen LogP contribution < -0.4 is 0 Å². The molecule has 0 aromatic rings. The van der Waals surface area contributed by atoms with E-state index in [-0.39, 0.29) is 46.2 Å². The van der Waals surface area contributed by atoms with E-state index in [2.05, 4.69) is 0 Å². The number of amides is 3. The van der Waals surface area contributed by atoms with Crippen molar-refractivity contribution in [3.8, 4) is 0 Å². The van der Waals surface area contributed by atoms with Gasteiger partial charge >= 0.3 is 0 Å². The third kappa shape index (κ3) is 2.50. The minimum atomic E-state index is -0.307. The van der Waals surface area contributed by atoms with Crippen molar-refractivity contribution in [1.82, 2.24) is 14.7 Å². The maximum absolute atomic E-state index is 12.0. The Morgan fingerprint density at radius 2 is 0.826 bits per heavy atom. The Bertz CT molecular complexity index is 461. The second-order valence-corrected chi connectivity index (χ2v) is 7.51. The van der Waals surface area contributed by atoms with E-state index >= 15 is 0 Å². The van der Waals surface area contributed by atoms with Gasteiger partial charge in [-0.05, 0) is 0 Å². The summed E-state index contributed by atoms with van der Waals surface area (Å²) >= 11 is 17.1. The molecule has 3 heterocycles. The molecule has 0 aromatic carbocycles. The lowest BCUT2D eigenvalue weighted by atomic mass is 9.71. The van der Waals surface area contributed by atoms with Gasteiger partial charge in [-0.25, -0.2) is 0 Å². The smallest absolute Gasteiger partial charge is 0.237 e. The number of nitrogens with zero attached hydrogens (tertiary/aromatic N) is 3. The van der Waals surface area contributed by atoms with Gasteiger partial charge in [-0.15, -0.1) is 34.8 Å². The molecular weight excluding hydrogens is 365 g/mol. The number of alkyl halides is 3. The first-order valence-electron chi connectivity index (χ1n) is 7.41. The second-order valence-electron chi connectivity index (χ2n) is 6.71. The van der Waals surface area contributed by atoms with E-state index in [1.807, 2.05) is 0 Å². The van der Waals surface area contributed by atoms with Crippen molar-refractivity contribution in [3.63, 3.8) is 0 Å². The lowest BCUT2D eigenvalue weighted by Crippen LogP contribution is -2.45. The second kappa shape index (κ2) is 5.97. The molecule has 3 fully saturated rings. The number of carbonyl (C=O) groups excluding carboxylic acids is 3. The van der Waals surface area contributed by atoms with Gasteiger partial charge in [0.25, 0.3) is 0 Å². The Hall–Kier alpha value is -0.720. The van der Waals surface area contributed by atoms with Gasteiger partial charge in [0.1, 0.15) is 17.6 Å². The molecule has 0 bridgehead atoms. The summed E-state index contributed by atoms with van der Waals surface area (Å²) in [5.41, 5.74) is -0.615. The number of hydrogen-bond acceptors (Lipinski definition) is 3. The van der Waals surface area contributed by atoms with Crippen LogP contribution in [-0.4, -0.2) is 89.3 Å². The molecule has 3 saturated heterocycles. The van der Waals surface area contributed by atoms with E-state index in [4.69, 9.17) is 34.8 Å². The summed E-state index contributed by atoms with van der Waals surface area (Å²) in [7, 11) is 0. The summed E-state index contributed by atoms with van der Waals surface area (Å²) in [5.74, 6) is -0.478. The summed E-state index contributed by atoms with van der Waals surface area (Å²) < 4.78 is 0. The summed E-state index contributed by atoms with van der Waals surface area (Å²) in [4.78, 5) is 41.3. The number of rotatable bonds is 3. The number of hydrogen-bond donors (Lipinski definition) is 0. The first kappa shape index (κ1) is 17.1. The molecule has 6 nitrogen and oxygen atoms in total. The van der Waals surface area contributed by atoms with Crippen molar-refractivity contribution in [3.05, 3.63) is 0 Å². The first-order valence-corrected chi connectivity index (χ1v) is 9.02. The van der Waals surface area contributed by atoms with Gasteiger partial charge in [0, 0.05) is 50.1 Å². The quantitative estimate of drug-likeness (QED) is 0.655. The fraction of sp³-hybridized carbons (Fsp3) is 0.786. The average molecular weight is 383 g/mol. The largest absolute Gasteiger partial charge is 0.340 e. The zero-order chi connectivity index (χ0) is 16.8. The van der Waals surface area contributed by atoms with Crippen molar-refractivity contribution in [1.29, 1.82) is 0 Å². The molecule has 23 heavy (non-hydrogen) atoms. The SMILES string of the molecule is O=C(CCl)N1CC23CN(C(=O)CCl)CC2(C1)CN(C(=O)CCl)C3.